The number of benzene rings is 1. The highest BCUT2D eigenvalue weighted by Crippen LogP contribution is 2.21. The molecule has 10 nitrogen and oxygen atoms in total. The fourth-order valence-corrected chi connectivity index (χ4v) is 4.61. The number of nitrogens with one attached hydrogen (secondary N) is 3. The number of hydrogen-bond acceptors (Lipinski definition) is 6. The molecule has 1 aromatic rings. The quantitative estimate of drug-likeness (QED) is 0.371. The van der Waals surface area contributed by atoms with Crippen LogP contribution in [0, 0.1) is 17.8 Å². The van der Waals surface area contributed by atoms with Crippen molar-refractivity contribution in [2.24, 2.45) is 17.8 Å². The standard InChI is InChI=1S/C26H36N4O6/c1-17(2)10-22(25(34)28-21(15-31)12-20-8-9-27-24(20)33)29-26(35)36-16-19-11-23(32)30(14-19)13-18-6-4-3-5-7-18/h3-7,15,17,19-22H,8-14,16H2,1-2H3,(H,27,33)(H,28,34)(H,29,35)/t19?,20-,21-,22-/m0/s1. The van der Waals surface area contributed by atoms with Crippen molar-refractivity contribution in [3.05, 3.63) is 35.9 Å². The average molecular weight is 501 g/mol. The van der Waals surface area contributed by atoms with Crippen molar-refractivity contribution in [2.75, 3.05) is 19.7 Å². The number of aldehydes is 1. The minimum atomic E-state index is -0.892. The molecular formula is C26H36N4O6. The van der Waals surface area contributed by atoms with Gasteiger partial charge in [0.2, 0.25) is 17.7 Å². The van der Waals surface area contributed by atoms with Crippen LogP contribution in [0.5, 0.6) is 0 Å². The molecule has 2 saturated heterocycles. The Hall–Kier alpha value is -3.43. The minimum Gasteiger partial charge on any atom is -0.449 e. The zero-order valence-corrected chi connectivity index (χ0v) is 20.9. The molecule has 36 heavy (non-hydrogen) atoms. The van der Waals surface area contributed by atoms with Crippen LogP contribution in [0.2, 0.25) is 0 Å². The summed E-state index contributed by atoms with van der Waals surface area (Å²) in [6.07, 6.45) is 1.35. The van der Waals surface area contributed by atoms with Gasteiger partial charge in [-0.25, -0.2) is 4.79 Å². The SMILES string of the molecule is CC(C)C[C@H](NC(=O)OCC1CC(=O)N(Cc2ccccc2)C1)C(=O)N[C@H](C=O)C[C@@H]1CCNC1=O. The maximum atomic E-state index is 12.9. The molecule has 0 aromatic heterocycles. The van der Waals surface area contributed by atoms with E-state index in [1.165, 1.54) is 0 Å². The summed E-state index contributed by atoms with van der Waals surface area (Å²) in [6.45, 7) is 5.46. The van der Waals surface area contributed by atoms with E-state index in [0.29, 0.717) is 45.2 Å². The van der Waals surface area contributed by atoms with Gasteiger partial charge in [0.25, 0.3) is 0 Å². The van der Waals surface area contributed by atoms with Gasteiger partial charge in [0.1, 0.15) is 12.3 Å². The van der Waals surface area contributed by atoms with Gasteiger partial charge in [-0.15, -0.1) is 0 Å². The lowest BCUT2D eigenvalue weighted by molar-refractivity contribution is -0.128. The summed E-state index contributed by atoms with van der Waals surface area (Å²) in [6, 6.07) is 7.98. The van der Waals surface area contributed by atoms with Crippen molar-refractivity contribution in [3.63, 3.8) is 0 Å². The van der Waals surface area contributed by atoms with Gasteiger partial charge < -0.3 is 30.4 Å². The topological polar surface area (TPSA) is 134 Å². The van der Waals surface area contributed by atoms with Gasteiger partial charge in [-0.05, 0) is 30.7 Å². The van der Waals surface area contributed by atoms with Gasteiger partial charge in [0.15, 0.2) is 0 Å². The van der Waals surface area contributed by atoms with Crippen LogP contribution in [0.3, 0.4) is 0 Å². The molecule has 196 valence electrons. The molecule has 0 saturated carbocycles. The van der Waals surface area contributed by atoms with Gasteiger partial charge in [-0.2, -0.15) is 0 Å². The van der Waals surface area contributed by atoms with E-state index in [1.54, 1.807) is 4.90 Å². The minimum absolute atomic E-state index is 0.0146. The van der Waals surface area contributed by atoms with E-state index in [4.69, 9.17) is 4.74 Å². The van der Waals surface area contributed by atoms with Crippen LogP contribution >= 0.6 is 0 Å². The molecule has 2 aliphatic heterocycles. The van der Waals surface area contributed by atoms with Gasteiger partial charge in [0, 0.05) is 37.9 Å². The van der Waals surface area contributed by atoms with Crippen LogP contribution in [0.1, 0.15) is 45.1 Å². The fraction of sp³-hybridized carbons (Fsp3) is 0.577. The van der Waals surface area contributed by atoms with Crippen molar-refractivity contribution >= 4 is 30.1 Å². The highest BCUT2D eigenvalue weighted by Gasteiger charge is 2.32. The Morgan fingerprint density at radius 2 is 1.94 bits per heavy atom. The van der Waals surface area contributed by atoms with E-state index >= 15 is 0 Å². The highest BCUT2D eigenvalue weighted by atomic mass is 16.5. The number of amides is 4. The molecule has 10 heteroatoms. The predicted molar refractivity (Wildman–Crippen MR) is 131 cm³/mol. The van der Waals surface area contributed by atoms with E-state index in [9.17, 15) is 24.0 Å². The molecule has 0 radical (unpaired) electrons. The number of likely N-dealkylation sites (tertiary alicyclic amines) is 1. The normalized spacial score (nSPS) is 21.1. The predicted octanol–water partition coefficient (Wildman–Crippen LogP) is 1.39. The van der Waals surface area contributed by atoms with Crippen molar-refractivity contribution in [2.45, 2.75) is 58.2 Å². The van der Waals surface area contributed by atoms with Crippen LogP contribution in [0.4, 0.5) is 4.79 Å². The number of hydrogen-bond donors (Lipinski definition) is 3. The number of carbonyl (C=O) groups excluding carboxylic acids is 5. The summed E-state index contributed by atoms with van der Waals surface area (Å²) >= 11 is 0. The maximum absolute atomic E-state index is 12.9. The Bertz CT molecular complexity index is 938. The second-order valence-electron chi connectivity index (χ2n) is 10.0. The van der Waals surface area contributed by atoms with Crippen molar-refractivity contribution < 1.29 is 28.7 Å². The Morgan fingerprint density at radius 3 is 2.58 bits per heavy atom. The molecule has 0 bridgehead atoms. The van der Waals surface area contributed by atoms with Crippen LogP contribution in [0.15, 0.2) is 30.3 Å². The third kappa shape index (κ3) is 8.07. The van der Waals surface area contributed by atoms with Crippen LogP contribution in [-0.4, -0.2) is 66.8 Å². The Morgan fingerprint density at radius 1 is 1.19 bits per heavy atom. The Labute approximate surface area is 211 Å². The van der Waals surface area contributed by atoms with Crippen molar-refractivity contribution in [3.8, 4) is 0 Å². The number of alkyl carbamates (subject to hydrolysis) is 1. The fourth-order valence-electron chi connectivity index (χ4n) is 4.61. The maximum Gasteiger partial charge on any atom is 0.407 e. The van der Waals surface area contributed by atoms with E-state index in [0.717, 1.165) is 5.56 Å². The molecule has 0 spiro atoms. The summed E-state index contributed by atoms with van der Waals surface area (Å²) in [5, 5.41) is 7.96. The smallest absolute Gasteiger partial charge is 0.407 e. The monoisotopic (exact) mass is 500 g/mol. The van der Waals surface area contributed by atoms with Crippen molar-refractivity contribution in [1.82, 2.24) is 20.9 Å². The van der Waals surface area contributed by atoms with Gasteiger partial charge in [-0.3, -0.25) is 14.4 Å². The van der Waals surface area contributed by atoms with Crippen LogP contribution in [0.25, 0.3) is 0 Å². The molecule has 1 aromatic carbocycles. The zero-order chi connectivity index (χ0) is 26.1. The number of carbonyl (C=O) groups is 5. The van der Waals surface area contributed by atoms with Gasteiger partial charge in [-0.1, -0.05) is 44.2 Å². The molecule has 1 unspecified atom stereocenters. The summed E-state index contributed by atoms with van der Waals surface area (Å²) in [7, 11) is 0. The molecular weight excluding hydrogens is 464 g/mol. The first-order valence-corrected chi connectivity index (χ1v) is 12.5. The zero-order valence-electron chi connectivity index (χ0n) is 20.9. The molecule has 3 N–H and O–H groups in total. The van der Waals surface area contributed by atoms with Gasteiger partial charge in [0.05, 0.1) is 12.6 Å². The third-order valence-corrected chi connectivity index (χ3v) is 6.47. The van der Waals surface area contributed by atoms with E-state index in [2.05, 4.69) is 16.0 Å². The first-order valence-electron chi connectivity index (χ1n) is 12.5. The Balaban J connectivity index is 1.48. The second kappa shape index (κ2) is 13.0. The molecule has 2 fully saturated rings. The molecule has 2 heterocycles. The third-order valence-electron chi connectivity index (χ3n) is 6.47. The second-order valence-corrected chi connectivity index (χ2v) is 10.0. The molecule has 0 aliphatic carbocycles. The van der Waals surface area contributed by atoms with E-state index in [1.807, 2.05) is 44.2 Å². The average Bonchev–Trinajstić information content (AvgIpc) is 3.41. The largest absolute Gasteiger partial charge is 0.449 e. The Kier molecular flexibility index (Phi) is 9.84. The number of rotatable bonds is 12. The first kappa shape index (κ1) is 27.2. The lowest BCUT2D eigenvalue weighted by atomic mass is 9.98. The molecule has 4 atom stereocenters. The highest BCUT2D eigenvalue weighted by molar-refractivity contribution is 5.88. The summed E-state index contributed by atoms with van der Waals surface area (Å²) < 4.78 is 5.36. The summed E-state index contributed by atoms with van der Waals surface area (Å²) in [4.78, 5) is 62.8. The summed E-state index contributed by atoms with van der Waals surface area (Å²) in [5.41, 5.74) is 1.04. The molecule has 2 aliphatic rings. The lowest BCUT2D eigenvalue weighted by Crippen LogP contribution is -2.51. The van der Waals surface area contributed by atoms with Crippen molar-refractivity contribution in [1.29, 1.82) is 0 Å². The molecule has 4 amide bonds. The number of ether oxygens (including phenoxy) is 1. The number of nitrogens with zero attached hydrogens (tertiary/aromatic N) is 1. The van der Waals surface area contributed by atoms with Gasteiger partial charge >= 0.3 is 6.09 Å². The van der Waals surface area contributed by atoms with E-state index < -0.39 is 24.1 Å². The van der Waals surface area contributed by atoms with Crippen LogP contribution in [-0.2, 0) is 30.5 Å². The first-order chi connectivity index (χ1) is 17.2. The summed E-state index contributed by atoms with van der Waals surface area (Å²) in [5.74, 6) is -0.958. The lowest BCUT2D eigenvalue weighted by Gasteiger charge is -2.23. The van der Waals surface area contributed by atoms with Crippen LogP contribution < -0.4 is 16.0 Å². The van der Waals surface area contributed by atoms with E-state index in [-0.39, 0.29) is 42.6 Å². The molecule has 3 rings (SSSR count).